The Bertz CT molecular complexity index is 177. The lowest BCUT2D eigenvalue weighted by atomic mass is 9.64. The number of hydrogen-bond acceptors (Lipinski definition) is 2. The van der Waals surface area contributed by atoms with E-state index in [-0.39, 0.29) is 11.5 Å². The molecule has 0 aromatic heterocycles. The van der Waals surface area contributed by atoms with Crippen molar-refractivity contribution in [1.29, 1.82) is 0 Å². The van der Waals surface area contributed by atoms with Crippen molar-refractivity contribution in [2.75, 3.05) is 6.54 Å². The predicted octanol–water partition coefficient (Wildman–Crippen LogP) is 2.17. The molecule has 2 N–H and O–H groups in total. The summed E-state index contributed by atoms with van der Waals surface area (Å²) in [6.07, 6.45) is 3.36. The van der Waals surface area contributed by atoms with Gasteiger partial charge in [-0.3, -0.25) is 0 Å². The number of nitrogens with one attached hydrogen (secondary N) is 1. The van der Waals surface area contributed by atoms with Gasteiger partial charge in [0, 0.05) is 11.5 Å². The molecule has 0 aromatic carbocycles. The van der Waals surface area contributed by atoms with Gasteiger partial charge in [0.2, 0.25) is 0 Å². The topological polar surface area (TPSA) is 32.3 Å². The quantitative estimate of drug-likeness (QED) is 0.665. The molecule has 1 rings (SSSR count). The van der Waals surface area contributed by atoms with Gasteiger partial charge in [0.1, 0.15) is 0 Å². The van der Waals surface area contributed by atoms with Crippen LogP contribution >= 0.6 is 0 Å². The van der Waals surface area contributed by atoms with Crippen LogP contribution in [-0.4, -0.2) is 23.8 Å². The van der Waals surface area contributed by atoms with Crippen molar-refractivity contribution in [3.8, 4) is 0 Å². The first-order valence-electron chi connectivity index (χ1n) is 5.86. The van der Waals surface area contributed by atoms with Crippen molar-refractivity contribution in [2.45, 2.75) is 59.1 Å². The Morgan fingerprint density at radius 2 is 2.07 bits per heavy atom. The third-order valence-corrected chi connectivity index (χ3v) is 3.56. The molecule has 2 unspecified atom stereocenters. The maximum absolute atomic E-state index is 9.55. The molecule has 0 saturated heterocycles. The van der Waals surface area contributed by atoms with Crippen molar-refractivity contribution < 1.29 is 5.11 Å². The van der Waals surface area contributed by atoms with E-state index in [4.69, 9.17) is 0 Å². The van der Waals surface area contributed by atoms with E-state index in [2.05, 4.69) is 33.0 Å². The van der Waals surface area contributed by atoms with Crippen LogP contribution in [-0.2, 0) is 0 Å². The maximum Gasteiger partial charge on any atom is 0.0621 e. The summed E-state index contributed by atoms with van der Waals surface area (Å²) in [7, 11) is 0. The first-order chi connectivity index (χ1) is 6.44. The Morgan fingerprint density at radius 3 is 2.50 bits per heavy atom. The predicted molar refractivity (Wildman–Crippen MR) is 60.3 cm³/mol. The molecule has 0 radical (unpaired) electrons. The summed E-state index contributed by atoms with van der Waals surface area (Å²) in [5.74, 6) is 0.803. The van der Waals surface area contributed by atoms with Crippen molar-refractivity contribution >= 4 is 0 Å². The van der Waals surface area contributed by atoms with Crippen LogP contribution in [0, 0.1) is 11.3 Å². The van der Waals surface area contributed by atoms with E-state index < -0.39 is 0 Å². The summed E-state index contributed by atoms with van der Waals surface area (Å²) in [4.78, 5) is 0. The van der Waals surface area contributed by atoms with Crippen molar-refractivity contribution in [1.82, 2.24) is 5.32 Å². The second-order valence-corrected chi connectivity index (χ2v) is 5.62. The van der Waals surface area contributed by atoms with Crippen LogP contribution in [0.4, 0.5) is 0 Å². The third kappa shape index (κ3) is 2.71. The molecular formula is C12H25NO. The van der Waals surface area contributed by atoms with Crippen LogP contribution < -0.4 is 5.32 Å². The zero-order valence-corrected chi connectivity index (χ0v) is 10.0. The molecule has 2 atom stereocenters. The smallest absolute Gasteiger partial charge is 0.0621 e. The Balaban J connectivity index is 2.09. The number of aliphatic hydroxyl groups is 1. The van der Waals surface area contributed by atoms with E-state index in [1.807, 2.05) is 0 Å². The molecule has 1 fully saturated rings. The molecular weight excluding hydrogens is 174 g/mol. The molecule has 0 bridgehead atoms. The normalized spacial score (nSPS) is 30.4. The number of hydrogen-bond donors (Lipinski definition) is 2. The van der Waals surface area contributed by atoms with E-state index in [1.165, 1.54) is 12.8 Å². The monoisotopic (exact) mass is 199 g/mol. The number of rotatable bonds is 5. The fraction of sp³-hybridized carbons (Fsp3) is 1.00. The van der Waals surface area contributed by atoms with E-state index >= 15 is 0 Å². The molecule has 0 aromatic rings. The van der Waals surface area contributed by atoms with Crippen LogP contribution in [0.5, 0.6) is 0 Å². The third-order valence-electron chi connectivity index (χ3n) is 3.56. The minimum Gasteiger partial charge on any atom is -0.392 e. The molecule has 0 spiro atoms. The average Bonchev–Trinajstić information content (AvgIpc) is 2.10. The molecule has 0 aliphatic heterocycles. The molecule has 1 aliphatic rings. The first-order valence-corrected chi connectivity index (χ1v) is 5.86. The Hall–Kier alpha value is -0.0800. The first kappa shape index (κ1) is 12.0. The second kappa shape index (κ2) is 4.63. The van der Waals surface area contributed by atoms with Gasteiger partial charge in [-0.05, 0) is 31.7 Å². The van der Waals surface area contributed by atoms with E-state index in [1.54, 1.807) is 0 Å². The molecule has 84 valence electrons. The van der Waals surface area contributed by atoms with Crippen LogP contribution in [0.15, 0.2) is 0 Å². The van der Waals surface area contributed by atoms with Crippen LogP contribution in [0.25, 0.3) is 0 Å². The van der Waals surface area contributed by atoms with E-state index in [0.717, 1.165) is 18.9 Å². The Kier molecular flexibility index (Phi) is 3.96. The van der Waals surface area contributed by atoms with Crippen molar-refractivity contribution in [2.24, 2.45) is 11.3 Å². The van der Waals surface area contributed by atoms with Gasteiger partial charge in [-0.25, -0.2) is 0 Å². The van der Waals surface area contributed by atoms with Crippen LogP contribution in [0.1, 0.15) is 47.0 Å². The zero-order chi connectivity index (χ0) is 10.8. The van der Waals surface area contributed by atoms with Gasteiger partial charge in [-0.15, -0.1) is 0 Å². The van der Waals surface area contributed by atoms with Gasteiger partial charge in [0.05, 0.1) is 6.10 Å². The minimum atomic E-state index is -0.106. The SMILES string of the molecule is CC(C)CCCNC1CC(O)C1(C)C. The van der Waals surface area contributed by atoms with Gasteiger partial charge in [-0.1, -0.05) is 27.7 Å². The summed E-state index contributed by atoms with van der Waals surface area (Å²) in [5.41, 5.74) is 0.0812. The van der Waals surface area contributed by atoms with Crippen molar-refractivity contribution in [3.05, 3.63) is 0 Å². The van der Waals surface area contributed by atoms with Gasteiger partial charge in [-0.2, -0.15) is 0 Å². The van der Waals surface area contributed by atoms with Crippen LogP contribution in [0.2, 0.25) is 0 Å². The summed E-state index contributed by atoms with van der Waals surface area (Å²) in [5, 5.41) is 13.1. The molecule has 0 heterocycles. The summed E-state index contributed by atoms with van der Waals surface area (Å²) < 4.78 is 0. The van der Waals surface area contributed by atoms with E-state index in [0.29, 0.717) is 6.04 Å². The Labute approximate surface area is 88.1 Å². The minimum absolute atomic E-state index is 0.0812. The molecule has 2 heteroatoms. The highest BCUT2D eigenvalue weighted by atomic mass is 16.3. The molecule has 1 saturated carbocycles. The fourth-order valence-corrected chi connectivity index (χ4v) is 2.04. The molecule has 2 nitrogen and oxygen atoms in total. The number of aliphatic hydroxyl groups excluding tert-OH is 1. The molecule has 14 heavy (non-hydrogen) atoms. The standard InChI is InChI=1S/C12H25NO/c1-9(2)6-5-7-13-10-8-11(14)12(10,3)4/h9-11,13-14H,5-8H2,1-4H3. The highest BCUT2D eigenvalue weighted by Gasteiger charge is 2.46. The second-order valence-electron chi connectivity index (χ2n) is 5.62. The molecule has 1 aliphatic carbocycles. The largest absolute Gasteiger partial charge is 0.392 e. The molecule has 0 amide bonds. The summed E-state index contributed by atoms with van der Waals surface area (Å²) >= 11 is 0. The van der Waals surface area contributed by atoms with E-state index in [9.17, 15) is 5.11 Å². The summed E-state index contributed by atoms with van der Waals surface area (Å²) in [6, 6.07) is 0.518. The lowest BCUT2D eigenvalue weighted by Gasteiger charge is -2.49. The van der Waals surface area contributed by atoms with Gasteiger partial charge in [0.25, 0.3) is 0 Å². The van der Waals surface area contributed by atoms with Crippen LogP contribution in [0.3, 0.4) is 0 Å². The van der Waals surface area contributed by atoms with Gasteiger partial charge >= 0.3 is 0 Å². The zero-order valence-electron chi connectivity index (χ0n) is 10.0. The van der Waals surface area contributed by atoms with Crippen molar-refractivity contribution in [3.63, 3.8) is 0 Å². The lowest BCUT2D eigenvalue weighted by Crippen LogP contribution is -2.60. The summed E-state index contributed by atoms with van der Waals surface area (Å²) in [6.45, 7) is 9.90. The lowest BCUT2D eigenvalue weighted by molar-refractivity contribution is -0.0723. The fourth-order valence-electron chi connectivity index (χ4n) is 2.04. The highest BCUT2D eigenvalue weighted by molar-refractivity contribution is 5.01. The Morgan fingerprint density at radius 1 is 1.43 bits per heavy atom. The maximum atomic E-state index is 9.55. The van der Waals surface area contributed by atoms with Gasteiger partial charge in [0.15, 0.2) is 0 Å². The van der Waals surface area contributed by atoms with Gasteiger partial charge < -0.3 is 10.4 Å². The highest BCUT2D eigenvalue weighted by Crippen LogP contribution is 2.40. The average molecular weight is 199 g/mol.